The molecule has 1 aliphatic rings. The predicted octanol–water partition coefficient (Wildman–Crippen LogP) is 2.65. The van der Waals surface area contributed by atoms with Gasteiger partial charge in [-0.05, 0) is 18.6 Å². The van der Waals surface area contributed by atoms with Crippen LogP contribution in [0.5, 0.6) is 0 Å². The molecule has 0 N–H and O–H groups in total. The zero-order valence-electron chi connectivity index (χ0n) is 14.1. The average Bonchev–Trinajstić information content (AvgIpc) is 3.36. The van der Waals surface area contributed by atoms with Gasteiger partial charge in [-0.2, -0.15) is 9.78 Å². The predicted molar refractivity (Wildman–Crippen MR) is 95.7 cm³/mol. The van der Waals surface area contributed by atoms with E-state index in [9.17, 15) is 0 Å². The number of hydrogen-bond acceptors (Lipinski definition) is 5. The monoisotopic (exact) mass is 343 g/mol. The van der Waals surface area contributed by atoms with Crippen molar-refractivity contribution in [1.29, 1.82) is 0 Å². The molecule has 1 aromatic carbocycles. The number of aryl methyl sites for hydroxylation is 1. The molecule has 1 atom stereocenters. The summed E-state index contributed by atoms with van der Waals surface area (Å²) in [5, 5.41) is 9.04. The lowest BCUT2D eigenvalue weighted by Crippen LogP contribution is -2.22. The van der Waals surface area contributed by atoms with Crippen LogP contribution < -0.4 is 0 Å². The van der Waals surface area contributed by atoms with E-state index in [1.807, 2.05) is 57.9 Å². The number of rotatable bonds is 3. The summed E-state index contributed by atoms with van der Waals surface area (Å²) in [6.45, 7) is 0.843. The number of benzene rings is 1. The fourth-order valence-corrected chi connectivity index (χ4v) is 3.40. The molecule has 4 aromatic rings. The first-order chi connectivity index (χ1) is 12.9. The minimum absolute atomic E-state index is 0.235. The van der Waals surface area contributed by atoms with Gasteiger partial charge in [-0.15, -0.1) is 5.10 Å². The van der Waals surface area contributed by atoms with Crippen LogP contribution >= 0.6 is 0 Å². The third-order valence-corrected chi connectivity index (χ3v) is 4.71. The minimum atomic E-state index is 0.235. The second-order valence-electron chi connectivity index (χ2n) is 6.35. The summed E-state index contributed by atoms with van der Waals surface area (Å²) in [5.74, 6) is 3.66. The highest BCUT2D eigenvalue weighted by molar-refractivity contribution is 5.54. The Morgan fingerprint density at radius 1 is 0.962 bits per heavy atom. The molecule has 0 amide bonds. The summed E-state index contributed by atoms with van der Waals surface area (Å²) in [7, 11) is 0. The summed E-state index contributed by atoms with van der Waals surface area (Å²) < 4.78 is 3.84. The standard InChI is InChI=1S/C19H17N7/c1-2-6-14(7-3-1)18-23-19(26(24-18)16-8-4-5-10-20-16)15-9-11-25-17(12-15)21-13-22-25/h1-8,10,13,15H,9,11-12H2. The van der Waals surface area contributed by atoms with Gasteiger partial charge in [-0.3, -0.25) is 4.68 Å². The summed E-state index contributed by atoms with van der Waals surface area (Å²) in [6, 6.07) is 15.9. The van der Waals surface area contributed by atoms with Gasteiger partial charge in [-0.25, -0.2) is 15.0 Å². The second-order valence-corrected chi connectivity index (χ2v) is 6.35. The van der Waals surface area contributed by atoms with Gasteiger partial charge in [0.2, 0.25) is 0 Å². The Morgan fingerprint density at radius 2 is 1.85 bits per heavy atom. The van der Waals surface area contributed by atoms with Crippen LogP contribution in [0.25, 0.3) is 17.2 Å². The first kappa shape index (κ1) is 14.9. The molecular weight excluding hydrogens is 326 g/mol. The molecule has 4 heterocycles. The van der Waals surface area contributed by atoms with Crippen molar-refractivity contribution in [2.24, 2.45) is 0 Å². The molecular formula is C19H17N7. The van der Waals surface area contributed by atoms with Gasteiger partial charge in [-0.1, -0.05) is 36.4 Å². The number of hydrogen-bond donors (Lipinski definition) is 0. The molecule has 7 heteroatoms. The fraction of sp³-hybridized carbons (Fsp3) is 0.211. The van der Waals surface area contributed by atoms with E-state index in [4.69, 9.17) is 10.1 Å². The maximum Gasteiger partial charge on any atom is 0.181 e. The molecule has 1 aliphatic heterocycles. The Kier molecular flexibility index (Phi) is 3.55. The normalized spacial score (nSPS) is 16.4. The smallest absolute Gasteiger partial charge is 0.181 e. The van der Waals surface area contributed by atoms with Gasteiger partial charge in [0.05, 0.1) is 0 Å². The SMILES string of the molecule is c1ccc(-c2nc(C3CCn4ncnc4C3)n(-c3ccccn3)n2)cc1. The van der Waals surface area contributed by atoms with Crippen LogP contribution in [0.1, 0.15) is 24.0 Å². The molecule has 0 aliphatic carbocycles. The number of aromatic nitrogens is 7. The highest BCUT2D eigenvalue weighted by atomic mass is 15.4. The number of fused-ring (bicyclic) bond motifs is 1. The zero-order chi connectivity index (χ0) is 17.3. The quantitative estimate of drug-likeness (QED) is 0.572. The average molecular weight is 343 g/mol. The molecule has 0 saturated heterocycles. The van der Waals surface area contributed by atoms with E-state index in [1.54, 1.807) is 12.5 Å². The van der Waals surface area contributed by atoms with Gasteiger partial charge in [0, 0.05) is 30.6 Å². The molecule has 0 saturated carbocycles. The van der Waals surface area contributed by atoms with Crippen molar-refractivity contribution in [3.8, 4) is 17.2 Å². The van der Waals surface area contributed by atoms with Gasteiger partial charge in [0.25, 0.3) is 0 Å². The summed E-state index contributed by atoms with van der Waals surface area (Å²) >= 11 is 0. The highest BCUT2D eigenvalue weighted by Gasteiger charge is 2.27. The largest absolute Gasteiger partial charge is 0.250 e. The highest BCUT2D eigenvalue weighted by Crippen LogP contribution is 2.30. The van der Waals surface area contributed by atoms with Gasteiger partial charge in [0.15, 0.2) is 11.6 Å². The molecule has 0 fully saturated rings. The summed E-state index contributed by atoms with van der Waals surface area (Å²) in [5.41, 5.74) is 1.00. The minimum Gasteiger partial charge on any atom is -0.250 e. The third kappa shape index (κ3) is 2.57. The molecule has 5 rings (SSSR count). The van der Waals surface area contributed by atoms with Crippen LogP contribution in [0.3, 0.4) is 0 Å². The van der Waals surface area contributed by atoms with E-state index in [-0.39, 0.29) is 5.92 Å². The van der Waals surface area contributed by atoms with Gasteiger partial charge >= 0.3 is 0 Å². The molecule has 1 unspecified atom stereocenters. The molecule has 128 valence electrons. The van der Waals surface area contributed by atoms with Crippen LogP contribution in [0.15, 0.2) is 61.1 Å². The second kappa shape index (κ2) is 6.18. The Bertz CT molecular complexity index is 1020. The topological polar surface area (TPSA) is 74.3 Å². The Hall–Kier alpha value is -3.35. The van der Waals surface area contributed by atoms with Crippen molar-refractivity contribution in [1.82, 2.24) is 34.5 Å². The van der Waals surface area contributed by atoms with E-state index in [0.29, 0.717) is 0 Å². The van der Waals surface area contributed by atoms with E-state index in [2.05, 4.69) is 15.1 Å². The summed E-state index contributed by atoms with van der Waals surface area (Å²) in [6.07, 6.45) is 5.16. The van der Waals surface area contributed by atoms with Crippen molar-refractivity contribution >= 4 is 0 Å². The number of pyridine rings is 1. The van der Waals surface area contributed by atoms with Crippen LogP contribution in [0.2, 0.25) is 0 Å². The van der Waals surface area contributed by atoms with Gasteiger partial charge < -0.3 is 0 Å². The molecule has 26 heavy (non-hydrogen) atoms. The molecule has 0 radical (unpaired) electrons. The Labute approximate surface area is 150 Å². The van der Waals surface area contributed by atoms with Crippen LogP contribution in [0, 0.1) is 0 Å². The molecule has 0 bridgehead atoms. The van der Waals surface area contributed by atoms with Crippen molar-refractivity contribution in [3.63, 3.8) is 0 Å². The lowest BCUT2D eigenvalue weighted by molar-refractivity contribution is 0.417. The summed E-state index contributed by atoms with van der Waals surface area (Å²) in [4.78, 5) is 13.7. The maximum atomic E-state index is 4.89. The van der Waals surface area contributed by atoms with Crippen molar-refractivity contribution in [2.75, 3.05) is 0 Å². The van der Waals surface area contributed by atoms with Gasteiger partial charge in [0.1, 0.15) is 18.0 Å². The Balaban J connectivity index is 1.60. The van der Waals surface area contributed by atoms with Crippen molar-refractivity contribution < 1.29 is 0 Å². The first-order valence-corrected chi connectivity index (χ1v) is 8.69. The van der Waals surface area contributed by atoms with Crippen molar-refractivity contribution in [2.45, 2.75) is 25.3 Å². The van der Waals surface area contributed by atoms with E-state index < -0.39 is 0 Å². The maximum absolute atomic E-state index is 4.89. The zero-order valence-corrected chi connectivity index (χ0v) is 14.1. The molecule has 3 aromatic heterocycles. The molecule has 0 spiro atoms. The Morgan fingerprint density at radius 3 is 2.69 bits per heavy atom. The first-order valence-electron chi connectivity index (χ1n) is 8.69. The van der Waals surface area contributed by atoms with Crippen LogP contribution in [-0.4, -0.2) is 34.5 Å². The van der Waals surface area contributed by atoms with Crippen molar-refractivity contribution in [3.05, 3.63) is 72.7 Å². The lowest BCUT2D eigenvalue weighted by Gasteiger charge is -2.21. The number of nitrogens with zero attached hydrogens (tertiary/aromatic N) is 7. The fourth-order valence-electron chi connectivity index (χ4n) is 3.40. The van der Waals surface area contributed by atoms with Crippen LogP contribution in [0.4, 0.5) is 0 Å². The van der Waals surface area contributed by atoms with E-state index >= 15 is 0 Å². The third-order valence-electron chi connectivity index (χ3n) is 4.71. The lowest BCUT2D eigenvalue weighted by atomic mass is 9.97. The van der Waals surface area contributed by atoms with E-state index in [0.717, 1.165) is 48.2 Å². The van der Waals surface area contributed by atoms with Crippen LogP contribution in [-0.2, 0) is 13.0 Å². The van der Waals surface area contributed by atoms with E-state index in [1.165, 1.54) is 0 Å². The molecule has 7 nitrogen and oxygen atoms in total.